The Kier molecular flexibility index (Phi) is 3.91. The fraction of sp³-hybridized carbons (Fsp3) is 0.333. The summed E-state index contributed by atoms with van der Waals surface area (Å²) >= 11 is -2.00. The molecule has 0 aromatic rings. The second-order valence-electron chi connectivity index (χ2n) is 1.03. The predicted molar refractivity (Wildman–Crippen MR) is 22.4 cm³/mol. The van der Waals surface area contributed by atoms with Crippen molar-refractivity contribution >= 4 is 9.30 Å². The Morgan fingerprint density at radius 2 is 2.25 bits per heavy atom. The Morgan fingerprint density at radius 3 is 2.25 bits per heavy atom. The van der Waals surface area contributed by atoms with Gasteiger partial charge in [-0.2, -0.15) is 0 Å². The fourth-order valence-corrected chi connectivity index (χ4v) is 0.667. The quantitative estimate of drug-likeness (QED) is 0.582. The maximum atomic E-state index is 9.99. The Hall–Kier alpha value is -0.0169. The molecule has 0 heterocycles. The van der Waals surface area contributed by atoms with Gasteiger partial charge >= 0.3 is 57.1 Å². The Balaban J connectivity index is 4.14. The van der Waals surface area contributed by atoms with Crippen molar-refractivity contribution in [2.75, 3.05) is 7.05 Å². The van der Waals surface area contributed by atoms with Crippen molar-refractivity contribution in [3.8, 4) is 0 Å². The van der Waals surface area contributed by atoms with Gasteiger partial charge in [0.1, 0.15) is 0 Å². The van der Waals surface area contributed by atoms with Crippen molar-refractivity contribution in [2.45, 2.75) is 0 Å². The van der Waals surface area contributed by atoms with Crippen molar-refractivity contribution in [3.63, 3.8) is 0 Å². The first-order valence-electron chi connectivity index (χ1n) is 1.88. The number of carboxylic acid groups (broad SMARTS) is 1. The van der Waals surface area contributed by atoms with Crippen molar-refractivity contribution < 1.29 is 35.5 Å². The van der Waals surface area contributed by atoms with Gasteiger partial charge in [-0.05, 0) is 0 Å². The zero-order valence-corrected chi connectivity index (χ0v) is 6.72. The second-order valence-corrected chi connectivity index (χ2v) is 2.76. The summed E-state index contributed by atoms with van der Waals surface area (Å²) in [5.41, 5.74) is 0. The van der Waals surface area contributed by atoms with E-state index in [1.54, 1.807) is 0 Å². The van der Waals surface area contributed by atoms with E-state index in [-0.39, 0.29) is 3.33 Å². The van der Waals surface area contributed by atoms with E-state index in [4.69, 9.17) is 5.11 Å². The number of likely N-dealkylation sites (N-methyl/N-ethyl adjacent to an activating group) is 1. The molecule has 0 radical (unpaired) electrons. The zero-order valence-electron chi connectivity index (χ0n) is 4.26. The molecule has 0 amide bonds. The van der Waals surface area contributed by atoms with Crippen LogP contribution in [0.15, 0.2) is 0 Å². The molecule has 0 fully saturated rings. The number of carboxylic acids is 1. The van der Waals surface area contributed by atoms with Gasteiger partial charge in [0.05, 0.1) is 0 Å². The number of carbonyl (C=O) groups is 1. The molecular formula is C3H5NO3Zr. The SMILES string of the molecule is CN[C](=[Zr]=[O])C(=O)O. The molecule has 0 aromatic carbocycles. The molecule has 2 N–H and O–H groups in total. The molecule has 44 valence electrons. The van der Waals surface area contributed by atoms with Gasteiger partial charge in [-0.1, -0.05) is 0 Å². The van der Waals surface area contributed by atoms with Gasteiger partial charge in [-0.15, -0.1) is 0 Å². The topological polar surface area (TPSA) is 66.4 Å². The summed E-state index contributed by atoms with van der Waals surface area (Å²) < 4.78 is 9.96. The molecule has 0 rings (SSSR count). The van der Waals surface area contributed by atoms with E-state index in [0.717, 1.165) is 0 Å². The van der Waals surface area contributed by atoms with E-state index in [1.165, 1.54) is 7.05 Å². The van der Waals surface area contributed by atoms with Crippen molar-refractivity contribution in [1.82, 2.24) is 5.32 Å². The molecular weight excluding hydrogens is 189 g/mol. The third-order valence-corrected chi connectivity index (χ3v) is 2.21. The molecule has 0 saturated heterocycles. The van der Waals surface area contributed by atoms with Gasteiger partial charge in [-0.3, -0.25) is 0 Å². The normalized spacial score (nSPS) is 7.62. The van der Waals surface area contributed by atoms with Crippen LogP contribution in [0.2, 0.25) is 0 Å². The molecule has 0 saturated carbocycles. The van der Waals surface area contributed by atoms with Gasteiger partial charge in [0.25, 0.3) is 0 Å². The Morgan fingerprint density at radius 1 is 1.75 bits per heavy atom. The molecule has 5 heteroatoms. The van der Waals surface area contributed by atoms with Gasteiger partial charge < -0.3 is 0 Å². The van der Waals surface area contributed by atoms with Crippen LogP contribution in [0.4, 0.5) is 0 Å². The number of nitrogens with one attached hydrogen (secondary N) is 1. The van der Waals surface area contributed by atoms with E-state index >= 15 is 0 Å². The van der Waals surface area contributed by atoms with Crippen LogP contribution >= 0.6 is 0 Å². The van der Waals surface area contributed by atoms with Crippen LogP contribution in [-0.4, -0.2) is 21.5 Å². The van der Waals surface area contributed by atoms with Gasteiger partial charge in [0.2, 0.25) is 0 Å². The van der Waals surface area contributed by atoms with Crippen LogP contribution in [0.1, 0.15) is 0 Å². The van der Waals surface area contributed by atoms with Gasteiger partial charge in [0, 0.05) is 0 Å². The van der Waals surface area contributed by atoms with Crippen LogP contribution in [0.25, 0.3) is 0 Å². The van der Waals surface area contributed by atoms with Crippen LogP contribution in [0.3, 0.4) is 0 Å². The number of hydrogen-bond acceptors (Lipinski definition) is 3. The standard InChI is InChI=1S/C3H5NO2.O.Zr/c1-4-2-3(5)6;;/h4H,1H3,(H,5,6);;. The summed E-state index contributed by atoms with van der Waals surface area (Å²) in [6.07, 6.45) is 0. The number of hydrogen-bond donors (Lipinski definition) is 2. The summed E-state index contributed by atoms with van der Waals surface area (Å²) in [6.45, 7) is 0. The van der Waals surface area contributed by atoms with E-state index in [1.807, 2.05) is 0 Å². The Labute approximate surface area is 57.4 Å². The van der Waals surface area contributed by atoms with Crippen LogP contribution < -0.4 is 5.32 Å². The summed E-state index contributed by atoms with van der Waals surface area (Å²) in [5, 5.41) is 10.4. The summed E-state index contributed by atoms with van der Waals surface area (Å²) in [7, 11) is 1.45. The van der Waals surface area contributed by atoms with Gasteiger partial charge in [-0.25, -0.2) is 0 Å². The van der Waals surface area contributed by atoms with E-state index < -0.39 is 28.7 Å². The first-order valence-corrected chi connectivity index (χ1v) is 4.11. The monoisotopic (exact) mass is 193 g/mol. The minimum absolute atomic E-state index is 0.0337. The first-order chi connectivity index (χ1) is 3.72. The van der Waals surface area contributed by atoms with E-state index in [0.29, 0.717) is 0 Å². The maximum absolute atomic E-state index is 9.99. The molecule has 4 nitrogen and oxygen atoms in total. The molecule has 0 aliphatic heterocycles. The van der Waals surface area contributed by atoms with Crippen LogP contribution in [-0.2, 0) is 30.4 Å². The zero-order chi connectivity index (χ0) is 6.57. The van der Waals surface area contributed by atoms with Crippen molar-refractivity contribution in [1.29, 1.82) is 0 Å². The minimum atomic E-state index is -2.00. The van der Waals surface area contributed by atoms with Crippen molar-refractivity contribution in [3.05, 3.63) is 0 Å². The average Bonchev–Trinajstić information content (AvgIpc) is 1.69. The number of aliphatic carboxylic acids is 1. The van der Waals surface area contributed by atoms with Crippen molar-refractivity contribution in [2.24, 2.45) is 0 Å². The Bertz CT molecular complexity index is 149. The summed E-state index contributed by atoms with van der Waals surface area (Å²) in [5.74, 6) is -1.10. The van der Waals surface area contributed by atoms with E-state index in [2.05, 4.69) is 5.32 Å². The van der Waals surface area contributed by atoms with Crippen LogP contribution in [0, 0.1) is 0 Å². The third-order valence-electron chi connectivity index (χ3n) is 0.566. The molecule has 0 bridgehead atoms. The average molecular weight is 194 g/mol. The molecule has 0 atom stereocenters. The van der Waals surface area contributed by atoms with Crippen LogP contribution in [0.5, 0.6) is 0 Å². The molecule has 8 heavy (non-hydrogen) atoms. The number of rotatable bonds is 2. The predicted octanol–water partition coefficient (Wildman–Crippen LogP) is -1.15. The summed E-state index contributed by atoms with van der Waals surface area (Å²) in [4.78, 5) is 9.90. The third kappa shape index (κ3) is 2.33. The summed E-state index contributed by atoms with van der Waals surface area (Å²) in [6, 6.07) is 0. The van der Waals surface area contributed by atoms with E-state index in [9.17, 15) is 7.61 Å². The fourth-order valence-electron chi connectivity index (χ4n) is 0.202. The molecule has 0 aliphatic rings. The first kappa shape index (κ1) is 7.98. The molecule has 0 unspecified atom stereocenters. The molecule has 0 aliphatic carbocycles. The molecule has 0 spiro atoms. The second kappa shape index (κ2) is 3.92. The van der Waals surface area contributed by atoms with Gasteiger partial charge in [0.15, 0.2) is 0 Å². The molecule has 0 aromatic heterocycles.